The van der Waals surface area contributed by atoms with Crippen LogP contribution < -0.4 is 10.1 Å². The van der Waals surface area contributed by atoms with Crippen molar-refractivity contribution in [2.45, 2.75) is 26.5 Å². The van der Waals surface area contributed by atoms with Gasteiger partial charge in [-0.25, -0.2) is 4.68 Å². The molecular weight excluding hydrogens is 325 g/mol. The molecule has 118 valence electrons. The first-order valence-electron chi connectivity index (χ1n) is 6.99. The highest BCUT2D eigenvalue weighted by Gasteiger charge is 2.09. The Bertz CT molecular complexity index is 643. The summed E-state index contributed by atoms with van der Waals surface area (Å²) >= 11 is 11.8. The Morgan fingerprint density at radius 1 is 1.36 bits per heavy atom. The lowest BCUT2D eigenvalue weighted by Gasteiger charge is -2.08. The molecule has 0 radical (unpaired) electrons. The second kappa shape index (κ2) is 8.06. The van der Waals surface area contributed by atoms with Crippen LogP contribution in [0.2, 0.25) is 10.0 Å². The van der Waals surface area contributed by atoms with Crippen LogP contribution in [0.3, 0.4) is 0 Å². The SMILES string of the molecule is CCCCNC(=O)c1ccn(COc2ccc(Cl)cc2Cl)n1. The summed E-state index contributed by atoms with van der Waals surface area (Å²) in [5.74, 6) is 0.326. The molecule has 1 heterocycles. The molecule has 0 bridgehead atoms. The van der Waals surface area contributed by atoms with E-state index in [1.165, 1.54) is 4.68 Å². The summed E-state index contributed by atoms with van der Waals surface area (Å²) in [6.45, 7) is 2.88. The molecule has 0 aliphatic carbocycles. The van der Waals surface area contributed by atoms with Gasteiger partial charge < -0.3 is 10.1 Å². The predicted octanol–water partition coefficient (Wildman–Crippen LogP) is 3.76. The highest BCUT2D eigenvalue weighted by Crippen LogP contribution is 2.27. The number of nitrogens with zero attached hydrogens (tertiary/aromatic N) is 2. The number of hydrogen-bond acceptors (Lipinski definition) is 3. The van der Waals surface area contributed by atoms with E-state index >= 15 is 0 Å². The van der Waals surface area contributed by atoms with E-state index in [2.05, 4.69) is 17.3 Å². The van der Waals surface area contributed by atoms with Crippen LogP contribution in [0.4, 0.5) is 0 Å². The second-order valence-electron chi connectivity index (χ2n) is 4.70. The zero-order valence-corrected chi connectivity index (χ0v) is 13.7. The number of hydrogen-bond donors (Lipinski definition) is 1. The molecule has 0 saturated carbocycles. The molecule has 0 aliphatic rings. The van der Waals surface area contributed by atoms with E-state index in [0.717, 1.165) is 12.8 Å². The van der Waals surface area contributed by atoms with Gasteiger partial charge in [0, 0.05) is 17.8 Å². The van der Waals surface area contributed by atoms with Crippen LogP contribution in [-0.4, -0.2) is 22.2 Å². The number of carbonyl (C=O) groups is 1. The molecule has 0 aliphatic heterocycles. The predicted molar refractivity (Wildman–Crippen MR) is 86.6 cm³/mol. The van der Waals surface area contributed by atoms with Crippen molar-refractivity contribution in [3.63, 3.8) is 0 Å². The van der Waals surface area contributed by atoms with Crippen LogP contribution in [0.1, 0.15) is 30.3 Å². The van der Waals surface area contributed by atoms with Crippen molar-refractivity contribution in [2.75, 3.05) is 6.54 Å². The van der Waals surface area contributed by atoms with Crippen LogP contribution in [0.25, 0.3) is 0 Å². The van der Waals surface area contributed by atoms with Crippen LogP contribution in [0.15, 0.2) is 30.5 Å². The van der Waals surface area contributed by atoms with Gasteiger partial charge >= 0.3 is 0 Å². The Morgan fingerprint density at radius 2 is 2.18 bits per heavy atom. The van der Waals surface area contributed by atoms with E-state index in [1.54, 1.807) is 30.5 Å². The number of ether oxygens (including phenoxy) is 1. The van der Waals surface area contributed by atoms with Crippen molar-refractivity contribution in [3.8, 4) is 5.75 Å². The lowest BCUT2D eigenvalue weighted by Crippen LogP contribution is -2.25. The number of carbonyl (C=O) groups excluding carboxylic acids is 1. The first-order chi connectivity index (χ1) is 10.6. The number of unbranched alkanes of at least 4 members (excludes halogenated alkanes) is 1. The molecule has 0 atom stereocenters. The number of amides is 1. The number of rotatable bonds is 7. The van der Waals surface area contributed by atoms with E-state index in [9.17, 15) is 4.79 Å². The minimum atomic E-state index is -0.184. The molecule has 2 aromatic rings. The molecule has 0 fully saturated rings. The summed E-state index contributed by atoms with van der Waals surface area (Å²) in [7, 11) is 0. The molecule has 1 aromatic carbocycles. The summed E-state index contributed by atoms with van der Waals surface area (Å²) in [6, 6.07) is 6.63. The molecule has 22 heavy (non-hydrogen) atoms. The van der Waals surface area contributed by atoms with Gasteiger partial charge in [-0.3, -0.25) is 4.79 Å². The van der Waals surface area contributed by atoms with Crippen molar-refractivity contribution in [1.82, 2.24) is 15.1 Å². The topological polar surface area (TPSA) is 56.2 Å². The van der Waals surface area contributed by atoms with Crippen molar-refractivity contribution < 1.29 is 9.53 Å². The fourth-order valence-electron chi connectivity index (χ4n) is 1.75. The van der Waals surface area contributed by atoms with Gasteiger partial charge in [0.1, 0.15) is 11.4 Å². The van der Waals surface area contributed by atoms with E-state index in [0.29, 0.717) is 28.0 Å². The average molecular weight is 342 g/mol. The van der Waals surface area contributed by atoms with E-state index in [4.69, 9.17) is 27.9 Å². The van der Waals surface area contributed by atoms with E-state index < -0.39 is 0 Å². The largest absolute Gasteiger partial charge is 0.470 e. The smallest absolute Gasteiger partial charge is 0.271 e. The van der Waals surface area contributed by atoms with Gasteiger partial charge in [0.25, 0.3) is 5.91 Å². The monoisotopic (exact) mass is 341 g/mol. The second-order valence-corrected chi connectivity index (χ2v) is 5.54. The van der Waals surface area contributed by atoms with Gasteiger partial charge in [0.15, 0.2) is 6.73 Å². The number of aromatic nitrogens is 2. The minimum absolute atomic E-state index is 0.156. The zero-order chi connectivity index (χ0) is 15.9. The Labute approximate surface area is 139 Å². The Kier molecular flexibility index (Phi) is 6.10. The Balaban J connectivity index is 1.90. The molecule has 0 saturated heterocycles. The first kappa shape index (κ1) is 16.6. The van der Waals surface area contributed by atoms with Crippen molar-refractivity contribution in [3.05, 3.63) is 46.2 Å². The molecular formula is C15H17Cl2N3O2. The van der Waals surface area contributed by atoms with E-state index in [1.807, 2.05) is 0 Å². The van der Waals surface area contributed by atoms with Crippen LogP contribution >= 0.6 is 23.2 Å². The van der Waals surface area contributed by atoms with Crippen LogP contribution in [0.5, 0.6) is 5.75 Å². The lowest BCUT2D eigenvalue weighted by molar-refractivity contribution is 0.0946. The standard InChI is InChI=1S/C15H17Cl2N3O2/c1-2-3-7-18-15(21)13-6-8-20(19-13)10-22-14-5-4-11(16)9-12(14)17/h4-6,8-9H,2-3,7,10H2,1H3,(H,18,21). The van der Waals surface area contributed by atoms with Crippen molar-refractivity contribution in [1.29, 1.82) is 0 Å². The fourth-order valence-corrected chi connectivity index (χ4v) is 2.21. The maximum Gasteiger partial charge on any atom is 0.271 e. The zero-order valence-electron chi connectivity index (χ0n) is 12.2. The third kappa shape index (κ3) is 4.64. The number of nitrogens with one attached hydrogen (secondary N) is 1. The highest BCUT2D eigenvalue weighted by atomic mass is 35.5. The fraction of sp³-hybridized carbons (Fsp3) is 0.333. The van der Waals surface area contributed by atoms with Gasteiger partial charge in [-0.1, -0.05) is 36.5 Å². The molecule has 0 spiro atoms. The van der Waals surface area contributed by atoms with Crippen molar-refractivity contribution in [2.24, 2.45) is 0 Å². The lowest BCUT2D eigenvalue weighted by atomic mass is 10.3. The van der Waals surface area contributed by atoms with Gasteiger partial charge in [-0.15, -0.1) is 0 Å². The normalized spacial score (nSPS) is 10.5. The first-order valence-corrected chi connectivity index (χ1v) is 7.75. The number of halogens is 2. The Morgan fingerprint density at radius 3 is 2.91 bits per heavy atom. The Hall–Kier alpha value is -1.72. The van der Waals surface area contributed by atoms with Gasteiger partial charge in [0.05, 0.1) is 5.02 Å². The molecule has 0 unspecified atom stereocenters. The number of benzene rings is 1. The molecule has 5 nitrogen and oxygen atoms in total. The van der Waals surface area contributed by atoms with Gasteiger partial charge in [0.2, 0.25) is 0 Å². The summed E-state index contributed by atoms with van der Waals surface area (Å²) in [4.78, 5) is 11.8. The molecule has 2 rings (SSSR count). The van der Waals surface area contributed by atoms with Crippen LogP contribution in [0, 0.1) is 0 Å². The summed E-state index contributed by atoms with van der Waals surface area (Å²) in [5.41, 5.74) is 0.363. The molecule has 1 aromatic heterocycles. The summed E-state index contributed by atoms with van der Waals surface area (Å²) in [6.07, 6.45) is 3.66. The summed E-state index contributed by atoms with van der Waals surface area (Å²) in [5, 5.41) is 7.94. The average Bonchev–Trinajstić information content (AvgIpc) is 2.95. The molecule has 1 N–H and O–H groups in total. The maximum atomic E-state index is 11.8. The van der Waals surface area contributed by atoms with Gasteiger partial charge in [-0.05, 0) is 30.7 Å². The highest BCUT2D eigenvalue weighted by molar-refractivity contribution is 6.35. The minimum Gasteiger partial charge on any atom is -0.470 e. The summed E-state index contributed by atoms with van der Waals surface area (Å²) < 4.78 is 7.08. The van der Waals surface area contributed by atoms with E-state index in [-0.39, 0.29) is 12.6 Å². The van der Waals surface area contributed by atoms with Crippen LogP contribution in [-0.2, 0) is 6.73 Å². The third-order valence-electron chi connectivity index (χ3n) is 2.94. The maximum absolute atomic E-state index is 11.8. The van der Waals surface area contributed by atoms with Crippen molar-refractivity contribution >= 4 is 29.1 Å². The third-order valence-corrected chi connectivity index (χ3v) is 3.47. The van der Waals surface area contributed by atoms with Gasteiger partial charge in [-0.2, -0.15) is 5.10 Å². The molecule has 1 amide bonds. The molecule has 7 heteroatoms. The quantitative estimate of drug-likeness (QED) is 0.780.